The van der Waals surface area contributed by atoms with Crippen LogP contribution in [0.1, 0.15) is 30.2 Å². The first-order valence-electron chi connectivity index (χ1n) is 7.65. The SMILES string of the molecule is CB(O)N1CCC(=C(c2ccccc2)c2nnc(C)o2)CC1. The first-order chi connectivity index (χ1) is 10.6. The summed E-state index contributed by atoms with van der Waals surface area (Å²) in [5.41, 5.74) is 3.46. The molecule has 0 unspecified atom stereocenters. The van der Waals surface area contributed by atoms with Crippen LogP contribution in [-0.4, -0.2) is 40.2 Å². The smallest absolute Gasteiger partial charge is 0.376 e. The first-order valence-corrected chi connectivity index (χ1v) is 7.65. The second-order valence-corrected chi connectivity index (χ2v) is 5.64. The molecule has 1 N–H and O–H groups in total. The number of nitrogens with zero attached hydrogens (tertiary/aromatic N) is 3. The Morgan fingerprint density at radius 3 is 2.41 bits per heavy atom. The molecule has 0 spiro atoms. The van der Waals surface area contributed by atoms with Gasteiger partial charge in [0.1, 0.15) is 0 Å². The molecule has 3 rings (SSSR count). The monoisotopic (exact) mass is 297 g/mol. The summed E-state index contributed by atoms with van der Waals surface area (Å²) in [6.07, 6.45) is 1.80. The van der Waals surface area contributed by atoms with Gasteiger partial charge in [0.2, 0.25) is 11.8 Å². The highest BCUT2D eigenvalue weighted by Crippen LogP contribution is 2.31. The van der Waals surface area contributed by atoms with Crippen molar-refractivity contribution in [2.75, 3.05) is 13.1 Å². The fourth-order valence-corrected chi connectivity index (χ4v) is 2.90. The van der Waals surface area contributed by atoms with Crippen LogP contribution in [0, 0.1) is 6.92 Å². The zero-order valence-corrected chi connectivity index (χ0v) is 13.0. The Kier molecular flexibility index (Phi) is 4.40. The minimum atomic E-state index is -0.396. The van der Waals surface area contributed by atoms with Crippen molar-refractivity contribution in [3.05, 3.63) is 53.2 Å². The van der Waals surface area contributed by atoms with E-state index in [4.69, 9.17) is 4.42 Å². The lowest BCUT2D eigenvalue weighted by molar-refractivity contribution is 0.345. The van der Waals surface area contributed by atoms with Gasteiger partial charge in [0.05, 0.1) is 0 Å². The minimum Gasteiger partial charge on any atom is -0.437 e. The van der Waals surface area contributed by atoms with Gasteiger partial charge in [0.15, 0.2) is 0 Å². The highest BCUT2D eigenvalue weighted by molar-refractivity contribution is 6.45. The van der Waals surface area contributed by atoms with Crippen LogP contribution in [0.25, 0.3) is 5.57 Å². The van der Waals surface area contributed by atoms with E-state index in [9.17, 15) is 5.02 Å². The topological polar surface area (TPSA) is 62.4 Å². The van der Waals surface area contributed by atoms with Gasteiger partial charge in [-0.05, 0) is 38.3 Å². The summed E-state index contributed by atoms with van der Waals surface area (Å²) in [7, 11) is -0.396. The molecule has 6 heteroatoms. The highest BCUT2D eigenvalue weighted by atomic mass is 16.4. The second-order valence-electron chi connectivity index (χ2n) is 5.64. The van der Waals surface area contributed by atoms with Crippen molar-refractivity contribution in [3.63, 3.8) is 0 Å². The van der Waals surface area contributed by atoms with E-state index in [0.29, 0.717) is 11.8 Å². The summed E-state index contributed by atoms with van der Waals surface area (Å²) in [5.74, 6) is 1.16. The first kappa shape index (κ1) is 15.0. The van der Waals surface area contributed by atoms with Crippen LogP contribution in [0.15, 0.2) is 40.3 Å². The average Bonchev–Trinajstić information content (AvgIpc) is 2.95. The maximum absolute atomic E-state index is 9.71. The average molecular weight is 297 g/mol. The summed E-state index contributed by atoms with van der Waals surface area (Å²) < 4.78 is 5.68. The molecule has 0 aliphatic carbocycles. The van der Waals surface area contributed by atoms with E-state index in [1.165, 1.54) is 5.57 Å². The normalized spacial score (nSPS) is 15.9. The van der Waals surface area contributed by atoms with E-state index in [1.54, 1.807) is 6.92 Å². The number of piperidine rings is 1. The van der Waals surface area contributed by atoms with Gasteiger partial charge in [-0.15, -0.1) is 10.2 Å². The second kappa shape index (κ2) is 6.46. The number of rotatable bonds is 3. The van der Waals surface area contributed by atoms with Gasteiger partial charge in [0.25, 0.3) is 0 Å². The largest absolute Gasteiger partial charge is 0.437 e. The number of hydrogen-bond donors (Lipinski definition) is 1. The zero-order chi connectivity index (χ0) is 15.5. The molecule has 22 heavy (non-hydrogen) atoms. The molecular formula is C16H20BN3O2. The van der Waals surface area contributed by atoms with Gasteiger partial charge in [-0.3, -0.25) is 0 Å². The summed E-state index contributed by atoms with van der Waals surface area (Å²) >= 11 is 0. The van der Waals surface area contributed by atoms with Gasteiger partial charge in [-0.1, -0.05) is 35.9 Å². The standard InChI is InChI=1S/C16H20BN3O2/c1-12-18-19-16(22-12)15(13-6-4-3-5-7-13)14-8-10-20(11-9-14)17(2)21/h3-7,21H,8-11H2,1-2H3. The zero-order valence-electron chi connectivity index (χ0n) is 13.0. The summed E-state index contributed by atoms with van der Waals surface area (Å²) in [6, 6.07) is 10.2. The van der Waals surface area contributed by atoms with Crippen LogP contribution in [0.2, 0.25) is 6.82 Å². The molecule has 0 amide bonds. The van der Waals surface area contributed by atoms with Gasteiger partial charge in [-0.2, -0.15) is 0 Å². The Morgan fingerprint density at radius 1 is 1.18 bits per heavy atom. The van der Waals surface area contributed by atoms with Crippen molar-refractivity contribution in [2.24, 2.45) is 0 Å². The Balaban J connectivity index is 1.98. The maximum atomic E-state index is 9.71. The van der Waals surface area contributed by atoms with Crippen LogP contribution in [0.5, 0.6) is 0 Å². The Bertz CT molecular complexity index is 657. The van der Waals surface area contributed by atoms with E-state index in [2.05, 4.69) is 27.1 Å². The van der Waals surface area contributed by atoms with Gasteiger partial charge < -0.3 is 14.3 Å². The van der Waals surface area contributed by atoms with Gasteiger partial charge in [-0.25, -0.2) is 0 Å². The molecule has 1 saturated heterocycles. The molecule has 0 saturated carbocycles. The summed E-state index contributed by atoms with van der Waals surface area (Å²) in [5, 5.41) is 17.9. The van der Waals surface area contributed by atoms with Crippen LogP contribution < -0.4 is 0 Å². The lowest BCUT2D eigenvalue weighted by Crippen LogP contribution is -2.41. The predicted molar refractivity (Wildman–Crippen MR) is 86.1 cm³/mol. The Hall–Kier alpha value is -1.92. The van der Waals surface area contributed by atoms with E-state index >= 15 is 0 Å². The molecule has 2 heterocycles. The summed E-state index contributed by atoms with van der Waals surface area (Å²) in [4.78, 5) is 2.07. The lowest BCUT2D eigenvalue weighted by atomic mass is 9.81. The van der Waals surface area contributed by atoms with Crippen molar-refractivity contribution < 1.29 is 9.44 Å². The van der Waals surface area contributed by atoms with E-state index in [0.717, 1.165) is 37.1 Å². The van der Waals surface area contributed by atoms with E-state index in [-0.39, 0.29) is 0 Å². The van der Waals surface area contributed by atoms with Crippen LogP contribution in [-0.2, 0) is 0 Å². The molecule has 2 aromatic rings. The van der Waals surface area contributed by atoms with Crippen molar-refractivity contribution in [2.45, 2.75) is 26.6 Å². The fraction of sp³-hybridized carbons (Fsp3) is 0.375. The molecule has 5 nitrogen and oxygen atoms in total. The molecule has 1 aromatic heterocycles. The molecule has 1 aliphatic rings. The number of aromatic nitrogens is 2. The molecule has 1 aliphatic heterocycles. The lowest BCUT2D eigenvalue weighted by Gasteiger charge is -2.30. The molecular weight excluding hydrogens is 277 g/mol. The number of benzene rings is 1. The number of hydrogen-bond acceptors (Lipinski definition) is 5. The Labute approximate surface area is 130 Å². The fourth-order valence-electron chi connectivity index (χ4n) is 2.90. The highest BCUT2D eigenvalue weighted by Gasteiger charge is 2.24. The van der Waals surface area contributed by atoms with E-state index < -0.39 is 7.05 Å². The molecule has 0 atom stereocenters. The predicted octanol–water partition coefficient (Wildman–Crippen LogP) is 2.39. The van der Waals surface area contributed by atoms with Crippen molar-refractivity contribution >= 4 is 12.6 Å². The maximum Gasteiger partial charge on any atom is 0.376 e. The van der Waals surface area contributed by atoms with Gasteiger partial charge in [0, 0.05) is 12.5 Å². The quantitative estimate of drug-likeness (QED) is 0.881. The van der Waals surface area contributed by atoms with Crippen molar-refractivity contribution in [1.82, 2.24) is 15.0 Å². The molecule has 0 radical (unpaired) electrons. The Morgan fingerprint density at radius 2 is 1.86 bits per heavy atom. The third-order valence-electron chi connectivity index (χ3n) is 4.09. The minimum absolute atomic E-state index is 0.396. The van der Waals surface area contributed by atoms with E-state index in [1.807, 2.05) is 25.0 Å². The number of aryl methyl sites for hydroxylation is 1. The molecule has 1 aromatic carbocycles. The molecule has 1 fully saturated rings. The third kappa shape index (κ3) is 3.13. The van der Waals surface area contributed by atoms with Crippen LogP contribution in [0.3, 0.4) is 0 Å². The molecule has 0 bridgehead atoms. The van der Waals surface area contributed by atoms with Crippen molar-refractivity contribution in [1.29, 1.82) is 0 Å². The third-order valence-corrected chi connectivity index (χ3v) is 4.09. The van der Waals surface area contributed by atoms with Gasteiger partial charge >= 0.3 is 7.05 Å². The molecule has 114 valence electrons. The van der Waals surface area contributed by atoms with Crippen molar-refractivity contribution in [3.8, 4) is 0 Å². The van der Waals surface area contributed by atoms with Crippen LogP contribution in [0.4, 0.5) is 0 Å². The van der Waals surface area contributed by atoms with Crippen LogP contribution >= 0.6 is 0 Å². The summed E-state index contributed by atoms with van der Waals surface area (Å²) in [6.45, 7) is 5.31.